The van der Waals surface area contributed by atoms with Crippen LogP contribution in [0.15, 0.2) is 94.1 Å². The Hall–Kier alpha value is -2.36. The Labute approximate surface area is 224 Å². The molecule has 1 fully saturated rings. The monoisotopic (exact) mass is 564 g/mol. The average molecular weight is 565 g/mol. The van der Waals surface area contributed by atoms with Crippen molar-refractivity contribution in [1.29, 1.82) is 0 Å². The summed E-state index contributed by atoms with van der Waals surface area (Å²) in [6.07, 6.45) is 0. The van der Waals surface area contributed by atoms with Crippen LogP contribution < -0.4 is 0 Å². The van der Waals surface area contributed by atoms with Gasteiger partial charge in [0.15, 0.2) is 4.93 Å². The predicted octanol–water partition coefficient (Wildman–Crippen LogP) is 8.97. The van der Waals surface area contributed by atoms with Gasteiger partial charge in [-0.05, 0) is 48.6 Å². The van der Waals surface area contributed by atoms with Gasteiger partial charge in [0.2, 0.25) is 0 Å². The van der Waals surface area contributed by atoms with E-state index in [9.17, 15) is 0 Å². The van der Waals surface area contributed by atoms with Crippen molar-refractivity contribution in [3.63, 3.8) is 0 Å². The molecule has 0 radical (unpaired) electrons. The van der Waals surface area contributed by atoms with Gasteiger partial charge in [0, 0.05) is 33.6 Å². The second kappa shape index (κ2) is 7.86. The first-order valence-corrected chi connectivity index (χ1v) is 13.5. The second-order valence-corrected chi connectivity index (χ2v) is 12.5. The normalized spacial score (nSPS) is 30.7. The largest absolute Gasteiger partial charge is 0.380 e. The zero-order valence-electron chi connectivity index (χ0n) is 20.8. The third-order valence-corrected chi connectivity index (χ3v) is 11.5. The molecule has 2 heterocycles. The number of hydrogen-bond acceptors (Lipinski definition) is 3. The highest BCUT2D eigenvalue weighted by Crippen LogP contribution is 2.77. The highest BCUT2D eigenvalue weighted by molar-refractivity contribution is 8.14. The molecule has 4 aliphatic rings. The van der Waals surface area contributed by atoms with E-state index in [4.69, 9.17) is 4.74 Å². The summed E-state index contributed by atoms with van der Waals surface area (Å²) < 4.78 is 97.6. The summed E-state index contributed by atoms with van der Waals surface area (Å²) in [7, 11) is 1.32. The molecule has 0 spiro atoms. The van der Waals surface area contributed by atoms with Gasteiger partial charge in [-0.15, -0.1) is 11.8 Å². The third-order valence-electron chi connectivity index (χ3n) is 7.94. The van der Waals surface area contributed by atoms with Crippen molar-refractivity contribution < 1.29 is 31.1 Å². The molecule has 38 heavy (non-hydrogen) atoms. The number of fused-ring (bicyclic) bond motifs is 4. The molecule has 1 nitrogen and oxygen atoms in total. The van der Waals surface area contributed by atoms with Gasteiger partial charge < -0.3 is 4.74 Å². The predicted molar refractivity (Wildman–Crippen MR) is 140 cm³/mol. The number of alkyl halides is 6. The fraction of sp³-hybridized carbons (Fsp3) is 0.310. The summed E-state index contributed by atoms with van der Waals surface area (Å²) in [5.41, 5.74) is -1.24. The Bertz CT molecular complexity index is 1510. The van der Waals surface area contributed by atoms with Crippen molar-refractivity contribution in [3.05, 3.63) is 105 Å². The molecule has 0 bridgehead atoms. The standard InChI is InChI=1S/C29H22F6OS2/c1-15-19-21-22(27(32,33)29(34,35)26(21,30)31)20-16(2)24(18-13-9-6-10-14-18)38-28(20,36-4)25(19,3)37-23(15)17-11-7-5-8-12-17/h5-14H,1-4H3. The first kappa shape index (κ1) is 25.9. The lowest BCUT2D eigenvalue weighted by Gasteiger charge is -2.48. The summed E-state index contributed by atoms with van der Waals surface area (Å²) in [6, 6.07) is 17.8. The molecule has 0 aromatic heterocycles. The fourth-order valence-corrected chi connectivity index (χ4v) is 9.62. The van der Waals surface area contributed by atoms with E-state index in [2.05, 4.69) is 0 Å². The zero-order valence-corrected chi connectivity index (χ0v) is 22.4. The molecule has 2 aromatic rings. The number of allylic oxidation sites excluding steroid dienone is 3. The summed E-state index contributed by atoms with van der Waals surface area (Å²) in [5, 5.41) is 0. The Balaban J connectivity index is 1.77. The lowest BCUT2D eigenvalue weighted by atomic mass is 9.72. The van der Waals surface area contributed by atoms with Gasteiger partial charge in [-0.3, -0.25) is 0 Å². The molecular formula is C29H22F6OS2. The van der Waals surface area contributed by atoms with Crippen molar-refractivity contribution in [2.75, 3.05) is 7.11 Å². The number of thioether (sulfide) groups is 2. The lowest BCUT2D eigenvalue weighted by molar-refractivity contribution is -0.258. The van der Waals surface area contributed by atoms with Gasteiger partial charge >= 0.3 is 17.8 Å². The van der Waals surface area contributed by atoms with Gasteiger partial charge in [-0.25, -0.2) is 0 Å². The molecule has 198 valence electrons. The van der Waals surface area contributed by atoms with Crippen LogP contribution in [-0.2, 0) is 4.74 Å². The topological polar surface area (TPSA) is 9.23 Å². The minimum atomic E-state index is -5.61. The lowest BCUT2D eigenvalue weighted by Crippen LogP contribution is -2.53. The van der Waals surface area contributed by atoms with Crippen molar-refractivity contribution in [2.45, 2.75) is 48.2 Å². The van der Waals surface area contributed by atoms with E-state index in [0.29, 0.717) is 20.9 Å². The second-order valence-electron chi connectivity index (χ2n) is 9.92. The van der Waals surface area contributed by atoms with Gasteiger partial charge in [0.1, 0.15) is 0 Å². The van der Waals surface area contributed by atoms with E-state index in [1.165, 1.54) is 32.7 Å². The smallest absolute Gasteiger partial charge is 0.361 e. The van der Waals surface area contributed by atoms with Gasteiger partial charge in [0.25, 0.3) is 0 Å². The van der Waals surface area contributed by atoms with Crippen LogP contribution in [0.3, 0.4) is 0 Å². The molecule has 0 saturated heterocycles. The van der Waals surface area contributed by atoms with Gasteiger partial charge in [-0.1, -0.05) is 72.4 Å². The minimum absolute atomic E-state index is 0.210. The molecule has 2 aliphatic carbocycles. The summed E-state index contributed by atoms with van der Waals surface area (Å²) in [4.78, 5) is -0.579. The van der Waals surface area contributed by atoms with E-state index in [0.717, 1.165) is 11.8 Å². The molecular weight excluding hydrogens is 542 g/mol. The number of benzene rings is 2. The van der Waals surface area contributed by atoms with Crippen LogP contribution in [0.2, 0.25) is 0 Å². The summed E-state index contributed by atoms with van der Waals surface area (Å²) >= 11 is 2.32. The van der Waals surface area contributed by atoms with Crippen molar-refractivity contribution in [2.24, 2.45) is 0 Å². The van der Waals surface area contributed by atoms with Crippen LogP contribution >= 0.6 is 23.5 Å². The van der Waals surface area contributed by atoms with Crippen LogP contribution in [0.4, 0.5) is 26.3 Å². The van der Waals surface area contributed by atoms with Gasteiger partial charge in [-0.2, -0.15) is 26.3 Å². The molecule has 2 aromatic carbocycles. The Morgan fingerprint density at radius 1 is 0.605 bits per heavy atom. The zero-order chi connectivity index (χ0) is 27.5. The van der Waals surface area contributed by atoms with Crippen molar-refractivity contribution in [3.8, 4) is 0 Å². The van der Waals surface area contributed by atoms with Gasteiger partial charge in [0.05, 0.1) is 4.75 Å². The minimum Gasteiger partial charge on any atom is -0.361 e. The van der Waals surface area contributed by atoms with E-state index < -0.39 is 38.6 Å². The van der Waals surface area contributed by atoms with Crippen LogP contribution in [0, 0.1) is 0 Å². The number of rotatable bonds is 3. The quantitative estimate of drug-likeness (QED) is 0.345. The van der Waals surface area contributed by atoms with Crippen molar-refractivity contribution in [1.82, 2.24) is 0 Å². The Morgan fingerprint density at radius 3 is 1.50 bits per heavy atom. The number of hydrogen-bond donors (Lipinski definition) is 0. The number of halogens is 6. The molecule has 9 heteroatoms. The first-order chi connectivity index (χ1) is 17.8. The molecule has 2 atom stereocenters. The molecule has 6 rings (SSSR count). The summed E-state index contributed by atoms with van der Waals surface area (Å²) in [5.74, 6) is -15.8. The van der Waals surface area contributed by atoms with Crippen LogP contribution in [0.5, 0.6) is 0 Å². The average Bonchev–Trinajstić information content (AvgIpc) is 3.39. The van der Waals surface area contributed by atoms with E-state index in [-0.39, 0.29) is 22.3 Å². The van der Waals surface area contributed by atoms with Crippen LogP contribution in [-0.4, -0.2) is 34.6 Å². The third kappa shape index (κ3) is 2.78. The maximum absolute atomic E-state index is 15.7. The van der Waals surface area contributed by atoms with Crippen LogP contribution in [0.25, 0.3) is 9.81 Å². The van der Waals surface area contributed by atoms with Crippen molar-refractivity contribution >= 4 is 33.3 Å². The number of ether oxygens (including phenoxy) is 1. The highest BCUT2D eigenvalue weighted by atomic mass is 32.2. The maximum Gasteiger partial charge on any atom is 0.380 e. The molecule has 2 aliphatic heterocycles. The first-order valence-electron chi connectivity index (χ1n) is 11.9. The number of methoxy groups -OCH3 is 1. The van der Waals surface area contributed by atoms with E-state index in [1.807, 2.05) is 0 Å². The Kier molecular flexibility index (Phi) is 5.35. The Morgan fingerprint density at radius 2 is 1.03 bits per heavy atom. The van der Waals surface area contributed by atoms with Crippen LogP contribution in [0.1, 0.15) is 31.9 Å². The maximum atomic E-state index is 15.7. The molecule has 0 amide bonds. The molecule has 2 unspecified atom stereocenters. The highest BCUT2D eigenvalue weighted by Gasteiger charge is 2.85. The van der Waals surface area contributed by atoms with E-state index in [1.54, 1.807) is 67.6 Å². The SMILES string of the molecule is COC12SC(c3ccccc3)=C(C)C1=C1C(=C3C(C)=C(c4ccccc4)SC32C)C(F)(F)C(F)(F)C1(F)F. The van der Waals surface area contributed by atoms with E-state index >= 15 is 26.3 Å². The summed E-state index contributed by atoms with van der Waals surface area (Å²) in [6.45, 7) is 4.70. The molecule has 1 saturated carbocycles. The molecule has 0 N–H and O–H groups in total. The fourth-order valence-electron chi connectivity index (χ4n) is 6.24.